The highest BCUT2D eigenvalue weighted by Gasteiger charge is 2.16. The molecule has 0 spiro atoms. The highest BCUT2D eigenvalue weighted by molar-refractivity contribution is 9.11. The Labute approximate surface area is 136 Å². The van der Waals surface area contributed by atoms with Crippen LogP contribution in [0.5, 0.6) is 5.75 Å². The number of nitrogens with one attached hydrogen (secondary N) is 1. The average Bonchev–Trinajstić information content (AvgIpc) is 2.43. The zero-order chi connectivity index (χ0) is 15.6. The SMILES string of the molecule is O=C(Nc1ccc(O)cc1C(=O)O)c1cc(Br)ccc1Br. The zero-order valence-corrected chi connectivity index (χ0v) is 13.6. The second kappa shape index (κ2) is 6.28. The number of carbonyl (C=O) groups excluding carboxylic acids is 1. The smallest absolute Gasteiger partial charge is 0.337 e. The first kappa shape index (κ1) is 15.5. The van der Waals surface area contributed by atoms with E-state index in [9.17, 15) is 14.7 Å². The Hall–Kier alpha value is -1.86. The van der Waals surface area contributed by atoms with Crippen molar-refractivity contribution in [1.82, 2.24) is 0 Å². The van der Waals surface area contributed by atoms with E-state index < -0.39 is 11.9 Å². The highest BCUT2D eigenvalue weighted by Crippen LogP contribution is 2.25. The molecule has 2 rings (SSSR count). The maximum atomic E-state index is 12.2. The maximum Gasteiger partial charge on any atom is 0.337 e. The van der Waals surface area contributed by atoms with Gasteiger partial charge in [0.1, 0.15) is 5.75 Å². The molecule has 0 aliphatic carbocycles. The van der Waals surface area contributed by atoms with Crippen LogP contribution in [0.4, 0.5) is 5.69 Å². The number of halogens is 2. The van der Waals surface area contributed by atoms with Crippen LogP contribution in [0.25, 0.3) is 0 Å². The predicted octanol–water partition coefficient (Wildman–Crippen LogP) is 3.87. The van der Waals surface area contributed by atoms with E-state index in [2.05, 4.69) is 37.2 Å². The fraction of sp³-hybridized carbons (Fsp3) is 0. The van der Waals surface area contributed by atoms with Crippen molar-refractivity contribution in [3.8, 4) is 5.75 Å². The Morgan fingerprint density at radius 2 is 1.71 bits per heavy atom. The minimum absolute atomic E-state index is 0.108. The van der Waals surface area contributed by atoms with Gasteiger partial charge in [-0.05, 0) is 52.3 Å². The first-order valence-electron chi connectivity index (χ1n) is 5.71. The first-order valence-corrected chi connectivity index (χ1v) is 7.30. The average molecular weight is 415 g/mol. The van der Waals surface area contributed by atoms with E-state index in [1.807, 2.05) is 0 Å². The molecule has 0 aliphatic heterocycles. The summed E-state index contributed by atoms with van der Waals surface area (Å²) in [4.78, 5) is 23.4. The van der Waals surface area contributed by atoms with Gasteiger partial charge in [0.15, 0.2) is 0 Å². The van der Waals surface area contributed by atoms with Gasteiger partial charge in [-0.3, -0.25) is 4.79 Å². The van der Waals surface area contributed by atoms with Crippen molar-refractivity contribution in [2.24, 2.45) is 0 Å². The Morgan fingerprint density at radius 3 is 2.38 bits per heavy atom. The summed E-state index contributed by atoms with van der Waals surface area (Å²) in [6.45, 7) is 0. The van der Waals surface area contributed by atoms with E-state index in [1.165, 1.54) is 12.1 Å². The zero-order valence-electron chi connectivity index (χ0n) is 10.4. The number of phenols is 1. The molecule has 0 fully saturated rings. The number of carboxylic acids is 1. The van der Waals surface area contributed by atoms with Crippen LogP contribution in [-0.2, 0) is 0 Å². The summed E-state index contributed by atoms with van der Waals surface area (Å²) < 4.78 is 1.30. The van der Waals surface area contributed by atoms with Crippen molar-refractivity contribution < 1.29 is 19.8 Å². The third-order valence-corrected chi connectivity index (χ3v) is 3.84. The number of carboxylic acid groups (broad SMARTS) is 1. The summed E-state index contributed by atoms with van der Waals surface area (Å²) in [5.41, 5.74) is 0.278. The molecule has 3 N–H and O–H groups in total. The molecule has 0 aliphatic rings. The largest absolute Gasteiger partial charge is 0.508 e. The van der Waals surface area contributed by atoms with Crippen LogP contribution < -0.4 is 5.32 Å². The van der Waals surface area contributed by atoms with Gasteiger partial charge in [-0.1, -0.05) is 15.9 Å². The van der Waals surface area contributed by atoms with E-state index >= 15 is 0 Å². The molecule has 0 atom stereocenters. The number of benzene rings is 2. The van der Waals surface area contributed by atoms with Gasteiger partial charge in [-0.25, -0.2) is 4.79 Å². The van der Waals surface area contributed by atoms with Gasteiger partial charge < -0.3 is 15.5 Å². The van der Waals surface area contributed by atoms with Gasteiger partial charge in [0, 0.05) is 8.95 Å². The van der Waals surface area contributed by atoms with Gasteiger partial charge >= 0.3 is 5.97 Å². The van der Waals surface area contributed by atoms with Crippen LogP contribution >= 0.6 is 31.9 Å². The quantitative estimate of drug-likeness (QED) is 0.665. The normalized spacial score (nSPS) is 10.2. The lowest BCUT2D eigenvalue weighted by Crippen LogP contribution is -2.15. The number of hydrogen-bond acceptors (Lipinski definition) is 3. The lowest BCUT2D eigenvalue weighted by Gasteiger charge is -2.10. The van der Waals surface area contributed by atoms with E-state index in [4.69, 9.17) is 5.11 Å². The molecule has 1 amide bonds. The Bertz CT molecular complexity index is 731. The number of hydrogen-bond donors (Lipinski definition) is 3. The molecule has 2 aromatic carbocycles. The molecule has 0 bridgehead atoms. The lowest BCUT2D eigenvalue weighted by molar-refractivity contribution is 0.0697. The van der Waals surface area contributed by atoms with Crippen LogP contribution in [0.15, 0.2) is 45.3 Å². The summed E-state index contributed by atoms with van der Waals surface area (Å²) in [6.07, 6.45) is 0. The Balaban J connectivity index is 2.36. The molecule has 7 heteroatoms. The Kier molecular flexibility index (Phi) is 4.64. The predicted molar refractivity (Wildman–Crippen MR) is 84.9 cm³/mol. The van der Waals surface area contributed by atoms with Crippen LogP contribution in [0.1, 0.15) is 20.7 Å². The fourth-order valence-corrected chi connectivity index (χ4v) is 2.47. The molecule has 5 nitrogen and oxygen atoms in total. The molecule has 0 radical (unpaired) electrons. The number of anilines is 1. The van der Waals surface area contributed by atoms with Crippen molar-refractivity contribution in [2.75, 3.05) is 5.32 Å². The third-order valence-electron chi connectivity index (χ3n) is 2.65. The second-order valence-electron chi connectivity index (χ2n) is 4.11. The number of rotatable bonds is 3. The number of amides is 1. The summed E-state index contributed by atoms with van der Waals surface area (Å²) in [5, 5.41) is 20.9. The van der Waals surface area contributed by atoms with Gasteiger partial charge in [-0.15, -0.1) is 0 Å². The molecule has 0 saturated carbocycles. The number of phenolic OH excluding ortho intramolecular Hbond substituents is 1. The second-order valence-corrected chi connectivity index (χ2v) is 5.88. The van der Waals surface area contributed by atoms with Crippen LogP contribution in [-0.4, -0.2) is 22.1 Å². The van der Waals surface area contributed by atoms with Crippen LogP contribution in [0, 0.1) is 0 Å². The topological polar surface area (TPSA) is 86.6 Å². The number of aromatic carboxylic acids is 1. The van der Waals surface area contributed by atoms with Gasteiger partial charge in [0.2, 0.25) is 0 Å². The third kappa shape index (κ3) is 3.62. The van der Waals surface area contributed by atoms with E-state index in [1.54, 1.807) is 18.2 Å². The molecule has 21 heavy (non-hydrogen) atoms. The molecule has 2 aromatic rings. The first-order chi connectivity index (χ1) is 9.88. The highest BCUT2D eigenvalue weighted by atomic mass is 79.9. The minimum Gasteiger partial charge on any atom is -0.508 e. The maximum absolute atomic E-state index is 12.2. The monoisotopic (exact) mass is 413 g/mol. The van der Waals surface area contributed by atoms with Gasteiger partial charge in [0.05, 0.1) is 16.8 Å². The lowest BCUT2D eigenvalue weighted by atomic mass is 10.1. The number of aromatic hydroxyl groups is 1. The standard InChI is InChI=1S/C14H9Br2NO4/c15-7-1-3-11(16)9(5-7)13(19)17-12-4-2-8(18)6-10(12)14(20)21/h1-6,18H,(H,17,19)(H,20,21). The number of carbonyl (C=O) groups is 2. The Morgan fingerprint density at radius 1 is 1.00 bits per heavy atom. The molecule has 0 saturated heterocycles. The van der Waals surface area contributed by atoms with Crippen molar-refractivity contribution in [2.45, 2.75) is 0 Å². The van der Waals surface area contributed by atoms with E-state index in [-0.39, 0.29) is 17.0 Å². The minimum atomic E-state index is -1.24. The fourth-order valence-electron chi connectivity index (χ4n) is 1.68. The van der Waals surface area contributed by atoms with Crippen LogP contribution in [0.3, 0.4) is 0 Å². The summed E-state index contributed by atoms with van der Waals surface area (Å²) in [7, 11) is 0. The molecular formula is C14H9Br2NO4. The molecule has 0 heterocycles. The summed E-state index contributed by atoms with van der Waals surface area (Å²) in [6, 6.07) is 8.80. The van der Waals surface area contributed by atoms with E-state index in [0.717, 1.165) is 10.5 Å². The summed E-state index contributed by atoms with van der Waals surface area (Å²) in [5.74, 6) is -1.89. The van der Waals surface area contributed by atoms with Crippen molar-refractivity contribution in [3.05, 3.63) is 56.5 Å². The van der Waals surface area contributed by atoms with Crippen molar-refractivity contribution >= 4 is 49.4 Å². The van der Waals surface area contributed by atoms with Gasteiger partial charge in [-0.2, -0.15) is 0 Å². The van der Waals surface area contributed by atoms with Gasteiger partial charge in [0.25, 0.3) is 5.91 Å². The molecule has 0 aromatic heterocycles. The summed E-state index contributed by atoms with van der Waals surface area (Å²) >= 11 is 6.53. The van der Waals surface area contributed by atoms with Crippen molar-refractivity contribution in [1.29, 1.82) is 0 Å². The molecule has 0 unspecified atom stereocenters. The molecule has 108 valence electrons. The molecular weight excluding hydrogens is 406 g/mol. The van der Waals surface area contributed by atoms with Crippen molar-refractivity contribution in [3.63, 3.8) is 0 Å². The van der Waals surface area contributed by atoms with Crippen LogP contribution in [0.2, 0.25) is 0 Å². The van der Waals surface area contributed by atoms with E-state index in [0.29, 0.717) is 10.0 Å².